The minimum Gasteiger partial charge on any atom is -0.330 e. The molecule has 2 atom stereocenters. The van der Waals surface area contributed by atoms with Gasteiger partial charge in [0, 0.05) is 12.2 Å². The quantitative estimate of drug-likeness (QED) is 0.872. The van der Waals surface area contributed by atoms with Crippen LogP contribution in [0.25, 0.3) is 0 Å². The van der Waals surface area contributed by atoms with Crippen molar-refractivity contribution in [1.29, 1.82) is 0 Å². The average Bonchev–Trinajstić information content (AvgIpc) is 2.78. The van der Waals surface area contributed by atoms with Crippen molar-refractivity contribution in [2.45, 2.75) is 52.0 Å². The summed E-state index contributed by atoms with van der Waals surface area (Å²) in [4.78, 5) is 0. The predicted octanol–water partition coefficient (Wildman–Crippen LogP) is 2.77. The van der Waals surface area contributed by atoms with E-state index in [1.807, 2.05) is 0 Å². The third kappa shape index (κ3) is 3.09. The summed E-state index contributed by atoms with van der Waals surface area (Å²) in [5, 5.41) is 4.65. The van der Waals surface area contributed by atoms with E-state index in [0.29, 0.717) is 12.0 Å². The molecule has 1 aromatic rings. The van der Waals surface area contributed by atoms with Gasteiger partial charge in [-0.2, -0.15) is 5.10 Å². The van der Waals surface area contributed by atoms with E-state index < -0.39 is 0 Å². The van der Waals surface area contributed by atoms with E-state index >= 15 is 0 Å². The highest BCUT2D eigenvalue weighted by molar-refractivity contribution is 5.02. The monoisotopic (exact) mass is 235 g/mol. The first-order valence-electron chi connectivity index (χ1n) is 6.94. The highest BCUT2D eigenvalue weighted by Crippen LogP contribution is 2.31. The number of hydrogen-bond donors (Lipinski definition) is 1. The molecule has 17 heavy (non-hydrogen) atoms. The second-order valence-electron chi connectivity index (χ2n) is 5.63. The molecule has 0 aromatic carbocycles. The zero-order valence-corrected chi connectivity index (χ0v) is 11.1. The third-order valence-electron chi connectivity index (χ3n) is 4.03. The fourth-order valence-electron chi connectivity index (χ4n) is 2.91. The minimum absolute atomic E-state index is 0.459. The minimum atomic E-state index is 0.459. The molecule has 3 heteroatoms. The van der Waals surface area contributed by atoms with Gasteiger partial charge in [0.1, 0.15) is 0 Å². The van der Waals surface area contributed by atoms with Gasteiger partial charge in [0.25, 0.3) is 0 Å². The highest BCUT2D eigenvalue weighted by atomic mass is 15.3. The van der Waals surface area contributed by atoms with Crippen LogP contribution in [-0.4, -0.2) is 16.3 Å². The van der Waals surface area contributed by atoms with Gasteiger partial charge in [-0.05, 0) is 57.6 Å². The Hall–Kier alpha value is -0.830. The Morgan fingerprint density at radius 1 is 1.35 bits per heavy atom. The number of hydrogen-bond acceptors (Lipinski definition) is 2. The summed E-state index contributed by atoms with van der Waals surface area (Å²) >= 11 is 0. The molecule has 1 fully saturated rings. The van der Waals surface area contributed by atoms with Gasteiger partial charge < -0.3 is 5.73 Å². The van der Waals surface area contributed by atoms with Crippen molar-refractivity contribution in [3.8, 4) is 0 Å². The Labute approximate surface area is 104 Å². The van der Waals surface area contributed by atoms with Gasteiger partial charge in [0.05, 0.1) is 5.69 Å². The van der Waals surface area contributed by atoms with Gasteiger partial charge in [-0.1, -0.05) is 12.8 Å². The lowest BCUT2D eigenvalue weighted by Gasteiger charge is -2.30. The van der Waals surface area contributed by atoms with E-state index in [0.717, 1.165) is 18.9 Å². The maximum absolute atomic E-state index is 5.88. The molecule has 1 heterocycles. The number of nitrogens with two attached hydrogens (primary N) is 1. The van der Waals surface area contributed by atoms with Gasteiger partial charge in [-0.15, -0.1) is 0 Å². The van der Waals surface area contributed by atoms with Gasteiger partial charge >= 0.3 is 0 Å². The summed E-state index contributed by atoms with van der Waals surface area (Å²) in [5.41, 5.74) is 7.11. The summed E-state index contributed by atoms with van der Waals surface area (Å²) in [5.74, 6) is 1.47. The summed E-state index contributed by atoms with van der Waals surface area (Å²) in [6.07, 6.45) is 8.58. The molecule has 0 aliphatic heterocycles. The standard InChI is InChI=1S/C14H25N3/c1-11(2)17-8-7-14(16-17)9-12-5-3-4-6-13(12)10-15/h7-8,11-13H,3-6,9-10,15H2,1-2H3. The molecule has 3 nitrogen and oxygen atoms in total. The maximum Gasteiger partial charge on any atom is 0.0627 e. The Balaban J connectivity index is 1.98. The molecule has 0 amide bonds. The lowest BCUT2D eigenvalue weighted by atomic mass is 9.77. The van der Waals surface area contributed by atoms with Crippen molar-refractivity contribution in [2.24, 2.45) is 17.6 Å². The van der Waals surface area contributed by atoms with E-state index in [2.05, 4.69) is 35.9 Å². The Morgan fingerprint density at radius 2 is 2.06 bits per heavy atom. The van der Waals surface area contributed by atoms with Crippen LogP contribution in [0.2, 0.25) is 0 Å². The maximum atomic E-state index is 5.88. The number of aromatic nitrogens is 2. The van der Waals surface area contributed by atoms with Crippen molar-refractivity contribution >= 4 is 0 Å². The average molecular weight is 235 g/mol. The van der Waals surface area contributed by atoms with Crippen molar-refractivity contribution in [2.75, 3.05) is 6.54 Å². The molecule has 2 rings (SSSR count). The molecule has 0 spiro atoms. The Morgan fingerprint density at radius 3 is 2.65 bits per heavy atom. The van der Waals surface area contributed by atoms with Crippen molar-refractivity contribution in [3.05, 3.63) is 18.0 Å². The van der Waals surface area contributed by atoms with E-state index in [4.69, 9.17) is 5.73 Å². The second-order valence-corrected chi connectivity index (χ2v) is 5.63. The predicted molar refractivity (Wildman–Crippen MR) is 70.8 cm³/mol. The fraction of sp³-hybridized carbons (Fsp3) is 0.786. The third-order valence-corrected chi connectivity index (χ3v) is 4.03. The summed E-state index contributed by atoms with van der Waals surface area (Å²) < 4.78 is 2.05. The lowest BCUT2D eigenvalue weighted by molar-refractivity contribution is 0.240. The van der Waals surface area contributed by atoms with Gasteiger partial charge in [0.2, 0.25) is 0 Å². The molecule has 2 N–H and O–H groups in total. The molecule has 0 radical (unpaired) electrons. The Kier molecular flexibility index (Phi) is 4.21. The van der Waals surface area contributed by atoms with E-state index in [9.17, 15) is 0 Å². The summed E-state index contributed by atoms with van der Waals surface area (Å²) in [6, 6.07) is 2.63. The number of rotatable bonds is 4. The van der Waals surface area contributed by atoms with Crippen LogP contribution in [-0.2, 0) is 6.42 Å². The first-order chi connectivity index (χ1) is 8.20. The van der Waals surface area contributed by atoms with Crippen LogP contribution in [0.5, 0.6) is 0 Å². The molecule has 0 bridgehead atoms. The Bertz CT molecular complexity index is 343. The summed E-state index contributed by atoms with van der Waals surface area (Å²) in [6.45, 7) is 5.18. The van der Waals surface area contributed by atoms with Crippen LogP contribution in [0.4, 0.5) is 0 Å². The van der Waals surface area contributed by atoms with Crippen LogP contribution in [0.3, 0.4) is 0 Å². The molecule has 1 aromatic heterocycles. The molecule has 1 saturated carbocycles. The smallest absolute Gasteiger partial charge is 0.0627 e. The second kappa shape index (κ2) is 5.67. The van der Waals surface area contributed by atoms with Crippen molar-refractivity contribution < 1.29 is 0 Å². The molecular weight excluding hydrogens is 210 g/mol. The van der Waals surface area contributed by atoms with Crippen molar-refractivity contribution in [1.82, 2.24) is 9.78 Å². The largest absolute Gasteiger partial charge is 0.330 e. The topological polar surface area (TPSA) is 43.8 Å². The summed E-state index contributed by atoms with van der Waals surface area (Å²) in [7, 11) is 0. The first kappa shape index (κ1) is 12.6. The van der Waals surface area contributed by atoms with E-state index in [1.165, 1.54) is 31.4 Å². The van der Waals surface area contributed by atoms with Crippen LogP contribution in [0.1, 0.15) is 51.3 Å². The van der Waals surface area contributed by atoms with Gasteiger partial charge in [-0.3, -0.25) is 4.68 Å². The van der Waals surface area contributed by atoms with Crippen molar-refractivity contribution in [3.63, 3.8) is 0 Å². The SMILES string of the molecule is CC(C)n1ccc(CC2CCCCC2CN)n1. The molecule has 1 aliphatic rings. The first-order valence-corrected chi connectivity index (χ1v) is 6.94. The molecule has 1 aliphatic carbocycles. The molecule has 2 unspecified atom stereocenters. The van der Waals surface area contributed by atoms with E-state index in [1.54, 1.807) is 0 Å². The van der Waals surface area contributed by atoms with Crippen LogP contribution >= 0.6 is 0 Å². The zero-order valence-electron chi connectivity index (χ0n) is 11.1. The van der Waals surface area contributed by atoms with Crippen LogP contribution in [0, 0.1) is 11.8 Å². The van der Waals surface area contributed by atoms with Gasteiger partial charge in [-0.25, -0.2) is 0 Å². The molecule has 0 saturated heterocycles. The van der Waals surface area contributed by atoms with Crippen LogP contribution < -0.4 is 5.73 Å². The molecule has 96 valence electrons. The normalized spacial score (nSPS) is 25.4. The fourth-order valence-corrected chi connectivity index (χ4v) is 2.91. The van der Waals surface area contributed by atoms with Gasteiger partial charge in [0.15, 0.2) is 0 Å². The van der Waals surface area contributed by atoms with E-state index in [-0.39, 0.29) is 0 Å². The van der Waals surface area contributed by atoms with Crippen LogP contribution in [0.15, 0.2) is 12.3 Å². The molecular formula is C14H25N3. The number of nitrogens with zero attached hydrogens (tertiary/aromatic N) is 2. The zero-order chi connectivity index (χ0) is 12.3. The highest BCUT2D eigenvalue weighted by Gasteiger charge is 2.24. The lowest BCUT2D eigenvalue weighted by Crippen LogP contribution is -2.28.